The molecule has 0 bridgehead atoms. The topological polar surface area (TPSA) is 9.86 Å². The third-order valence-electron chi connectivity index (χ3n) is 10.3. The first kappa shape index (κ1) is 26.9. The van der Waals surface area contributed by atoms with E-state index in [9.17, 15) is 0 Å². The number of nitrogens with zero attached hydrogens (tertiary/aromatic N) is 2. The summed E-state index contributed by atoms with van der Waals surface area (Å²) in [6.07, 6.45) is 0. The third kappa shape index (κ3) is 3.94. The maximum absolute atomic E-state index is 2.43. The standard InChI is InChI=1S/C46H28N2S/c1-2-10-30-25-33(20-17-29(30)9-1)48-41-14-6-3-11-35(41)37-22-18-32(27-44(37)48)31-19-23-43-39(26-31)36-12-4-7-15-42(36)47(43)34-21-24-46-40(28-34)38-13-5-8-16-45(38)49-46/h1-28H. The number of rotatable bonds is 3. The maximum atomic E-state index is 2.43. The van der Waals surface area contributed by atoms with Crippen molar-refractivity contribution in [2.75, 3.05) is 0 Å². The lowest BCUT2D eigenvalue weighted by molar-refractivity contribution is 1.19. The number of para-hydroxylation sites is 2. The minimum atomic E-state index is 1.18. The second-order valence-electron chi connectivity index (χ2n) is 13.0. The summed E-state index contributed by atoms with van der Waals surface area (Å²) in [5, 5.41) is 10.2. The molecule has 49 heavy (non-hydrogen) atoms. The summed E-state index contributed by atoms with van der Waals surface area (Å²) in [6.45, 7) is 0. The Morgan fingerprint density at radius 3 is 1.73 bits per heavy atom. The van der Waals surface area contributed by atoms with Crippen molar-refractivity contribution in [1.29, 1.82) is 0 Å². The van der Waals surface area contributed by atoms with E-state index in [1.165, 1.54) is 97.1 Å². The van der Waals surface area contributed by atoms with Crippen LogP contribution < -0.4 is 0 Å². The molecule has 0 unspecified atom stereocenters. The van der Waals surface area contributed by atoms with Crippen molar-refractivity contribution in [2.45, 2.75) is 0 Å². The summed E-state index contributed by atoms with van der Waals surface area (Å²) in [5.41, 5.74) is 9.67. The van der Waals surface area contributed by atoms with Crippen LogP contribution in [0.4, 0.5) is 0 Å². The van der Waals surface area contributed by atoms with Gasteiger partial charge >= 0.3 is 0 Å². The molecule has 0 aliphatic heterocycles. The fourth-order valence-electron chi connectivity index (χ4n) is 8.03. The molecule has 3 heterocycles. The minimum Gasteiger partial charge on any atom is -0.309 e. The van der Waals surface area contributed by atoms with E-state index in [-0.39, 0.29) is 0 Å². The average molecular weight is 641 g/mol. The Morgan fingerprint density at radius 2 is 0.878 bits per heavy atom. The monoisotopic (exact) mass is 640 g/mol. The highest BCUT2D eigenvalue weighted by Crippen LogP contribution is 2.40. The van der Waals surface area contributed by atoms with E-state index in [0.717, 1.165) is 0 Å². The third-order valence-corrected chi connectivity index (χ3v) is 11.4. The van der Waals surface area contributed by atoms with E-state index in [0.29, 0.717) is 0 Å². The van der Waals surface area contributed by atoms with Crippen LogP contribution in [0.3, 0.4) is 0 Å². The van der Waals surface area contributed by atoms with E-state index in [1.54, 1.807) is 0 Å². The molecule has 11 rings (SSSR count). The molecule has 0 fully saturated rings. The van der Waals surface area contributed by atoms with Crippen molar-refractivity contribution in [3.63, 3.8) is 0 Å². The normalized spacial score (nSPS) is 12.1. The van der Waals surface area contributed by atoms with Crippen molar-refractivity contribution in [2.24, 2.45) is 0 Å². The first-order valence-corrected chi connectivity index (χ1v) is 17.6. The van der Waals surface area contributed by atoms with Crippen molar-refractivity contribution in [1.82, 2.24) is 9.13 Å². The molecule has 0 amide bonds. The Balaban J connectivity index is 1.12. The van der Waals surface area contributed by atoms with E-state index in [2.05, 4.69) is 179 Å². The van der Waals surface area contributed by atoms with E-state index >= 15 is 0 Å². The molecule has 11 aromatic rings. The number of thiophene rings is 1. The highest BCUT2D eigenvalue weighted by Gasteiger charge is 2.17. The van der Waals surface area contributed by atoms with Gasteiger partial charge in [0.1, 0.15) is 0 Å². The van der Waals surface area contributed by atoms with Gasteiger partial charge in [-0.05, 0) is 88.6 Å². The van der Waals surface area contributed by atoms with Crippen molar-refractivity contribution >= 4 is 85.9 Å². The second-order valence-corrected chi connectivity index (χ2v) is 14.1. The molecule has 8 aromatic carbocycles. The maximum Gasteiger partial charge on any atom is 0.0547 e. The van der Waals surface area contributed by atoms with E-state index < -0.39 is 0 Å². The van der Waals surface area contributed by atoms with Crippen molar-refractivity contribution in [3.8, 4) is 22.5 Å². The van der Waals surface area contributed by atoms with Gasteiger partial charge in [-0.15, -0.1) is 11.3 Å². The Morgan fingerprint density at radius 1 is 0.306 bits per heavy atom. The fourth-order valence-corrected chi connectivity index (χ4v) is 9.11. The van der Waals surface area contributed by atoms with Crippen LogP contribution in [-0.4, -0.2) is 9.13 Å². The highest BCUT2D eigenvalue weighted by molar-refractivity contribution is 7.25. The Bertz CT molecular complexity index is 3120. The van der Waals surface area contributed by atoms with Crippen LogP contribution >= 0.6 is 11.3 Å². The molecule has 0 N–H and O–H groups in total. The highest BCUT2D eigenvalue weighted by atomic mass is 32.1. The molecule has 0 saturated heterocycles. The fraction of sp³-hybridized carbons (Fsp3) is 0. The summed E-state index contributed by atoms with van der Waals surface area (Å²) >= 11 is 1.87. The molecule has 0 spiro atoms. The van der Waals surface area contributed by atoms with Gasteiger partial charge in [-0.25, -0.2) is 0 Å². The first-order valence-electron chi connectivity index (χ1n) is 16.8. The lowest BCUT2D eigenvalue weighted by atomic mass is 10.0. The second kappa shape index (κ2) is 10.2. The Hall–Kier alpha value is -6.16. The van der Waals surface area contributed by atoms with Crippen molar-refractivity contribution < 1.29 is 0 Å². The van der Waals surface area contributed by atoms with Gasteiger partial charge in [0.2, 0.25) is 0 Å². The predicted octanol–water partition coefficient (Wildman–Crippen LogP) is 13.1. The van der Waals surface area contributed by atoms with Crippen molar-refractivity contribution in [3.05, 3.63) is 170 Å². The number of fused-ring (bicyclic) bond motifs is 10. The predicted molar refractivity (Wildman–Crippen MR) is 211 cm³/mol. The van der Waals surface area contributed by atoms with Gasteiger partial charge in [-0.2, -0.15) is 0 Å². The summed E-state index contributed by atoms with van der Waals surface area (Å²) < 4.78 is 7.51. The zero-order valence-electron chi connectivity index (χ0n) is 26.5. The minimum absolute atomic E-state index is 1.18. The zero-order chi connectivity index (χ0) is 32.1. The van der Waals surface area contributed by atoms with Gasteiger partial charge in [0, 0.05) is 53.1 Å². The average Bonchev–Trinajstić information content (AvgIpc) is 3.81. The summed E-state index contributed by atoms with van der Waals surface area (Å²) in [7, 11) is 0. The molecule has 3 aromatic heterocycles. The molecule has 0 radical (unpaired) electrons. The summed E-state index contributed by atoms with van der Waals surface area (Å²) in [5.74, 6) is 0. The first-order chi connectivity index (χ1) is 24.3. The molecule has 0 aliphatic rings. The SMILES string of the molecule is c1ccc2cc(-n3c4ccccc4c4ccc(-c5ccc6c(c5)c5ccccc5n6-c5ccc6sc7ccccc7c6c5)cc43)ccc2c1. The smallest absolute Gasteiger partial charge is 0.0547 e. The van der Waals surface area contributed by atoms with Crippen LogP contribution in [-0.2, 0) is 0 Å². The van der Waals surface area contributed by atoms with Gasteiger partial charge in [-0.3, -0.25) is 0 Å². The van der Waals surface area contributed by atoms with Crippen LogP contribution in [0.5, 0.6) is 0 Å². The number of hydrogen-bond acceptors (Lipinski definition) is 1. The van der Waals surface area contributed by atoms with Gasteiger partial charge in [-0.1, -0.05) is 103 Å². The van der Waals surface area contributed by atoms with Gasteiger partial charge in [0.15, 0.2) is 0 Å². The summed E-state index contributed by atoms with van der Waals surface area (Å²) in [6, 6.07) is 62.6. The zero-order valence-corrected chi connectivity index (χ0v) is 27.3. The van der Waals surface area contributed by atoms with Gasteiger partial charge < -0.3 is 9.13 Å². The number of hydrogen-bond donors (Lipinski definition) is 0. The van der Waals surface area contributed by atoms with E-state index in [4.69, 9.17) is 0 Å². The molecule has 2 nitrogen and oxygen atoms in total. The summed E-state index contributed by atoms with van der Waals surface area (Å²) in [4.78, 5) is 0. The molecule has 0 atom stereocenters. The lowest BCUT2D eigenvalue weighted by Gasteiger charge is -2.11. The van der Waals surface area contributed by atoms with Gasteiger partial charge in [0.25, 0.3) is 0 Å². The molecule has 0 saturated carbocycles. The number of aromatic nitrogens is 2. The lowest BCUT2D eigenvalue weighted by Crippen LogP contribution is -1.94. The van der Waals surface area contributed by atoms with Crippen LogP contribution in [0.2, 0.25) is 0 Å². The molecule has 228 valence electrons. The molecule has 3 heteroatoms. The van der Waals surface area contributed by atoms with E-state index in [1.807, 2.05) is 11.3 Å². The largest absolute Gasteiger partial charge is 0.309 e. The van der Waals surface area contributed by atoms with Crippen LogP contribution in [0.15, 0.2) is 170 Å². The van der Waals surface area contributed by atoms with Crippen LogP contribution in [0.1, 0.15) is 0 Å². The van der Waals surface area contributed by atoms with Crippen LogP contribution in [0, 0.1) is 0 Å². The molecular weight excluding hydrogens is 613 g/mol. The Kier molecular flexibility index (Phi) is 5.57. The molecule has 0 aliphatic carbocycles. The number of benzene rings is 8. The van der Waals surface area contributed by atoms with Gasteiger partial charge in [0.05, 0.1) is 22.1 Å². The Labute approximate surface area is 286 Å². The quantitative estimate of drug-likeness (QED) is 0.182. The van der Waals surface area contributed by atoms with Crippen LogP contribution in [0.25, 0.3) is 97.1 Å². The molecular formula is C46H28N2S.